The van der Waals surface area contributed by atoms with E-state index in [1.54, 1.807) is 6.26 Å². The molecule has 0 aliphatic heterocycles. The largest absolute Gasteiger partial charge is 0.470 e. The molecule has 1 nitrogen and oxygen atoms in total. The van der Waals surface area contributed by atoms with Gasteiger partial charge in [-0.15, -0.1) is 0 Å². The summed E-state index contributed by atoms with van der Waals surface area (Å²) in [4.78, 5) is 0. The Labute approximate surface area is 50.7 Å². The van der Waals surface area contributed by atoms with Crippen molar-refractivity contribution in [2.75, 3.05) is 0 Å². The summed E-state index contributed by atoms with van der Waals surface area (Å²) in [5.74, 6) is 0.933. The van der Waals surface area contributed by atoms with Crippen LogP contribution in [0.5, 0.6) is 0 Å². The lowest BCUT2D eigenvalue weighted by Crippen LogP contribution is -1.73. The lowest BCUT2D eigenvalue weighted by atomic mass is 10.5. The molecule has 0 saturated heterocycles. The Kier molecular flexibility index (Phi) is 4.04. The Bertz CT molecular complexity index is 101. The van der Waals surface area contributed by atoms with Crippen LogP contribution in [0, 0.1) is 0 Å². The lowest BCUT2D eigenvalue weighted by Gasteiger charge is -1.94. The average Bonchev–Trinajstić information content (AvgIpc) is 1.83. The van der Waals surface area contributed by atoms with E-state index in [2.05, 4.69) is 0 Å². The Morgan fingerprint density at radius 1 is 1.38 bits per heavy atom. The van der Waals surface area contributed by atoms with Gasteiger partial charge in [0.1, 0.15) is 0 Å². The Balaban J connectivity index is 3.40. The molecule has 0 aliphatic carbocycles. The van der Waals surface area contributed by atoms with E-state index in [1.807, 2.05) is 32.9 Å². The molecule has 0 atom stereocenters. The molecular formula is C7H12O. The Hall–Kier alpha value is -0.720. The molecule has 0 unspecified atom stereocenters. The van der Waals surface area contributed by atoms with Crippen molar-refractivity contribution < 1.29 is 4.74 Å². The van der Waals surface area contributed by atoms with Crippen LogP contribution < -0.4 is 0 Å². The van der Waals surface area contributed by atoms with Gasteiger partial charge >= 0.3 is 0 Å². The van der Waals surface area contributed by atoms with Gasteiger partial charge in [-0.05, 0) is 26.8 Å². The zero-order chi connectivity index (χ0) is 6.41. The third-order valence-electron chi connectivity index (χ3n) is 0.797. The third kappa shape index (κ3) is 3.47. The van der Waals surface area contributed by atoms with Gasteiger partial charge in [-0.3, -0.25) is 0 Å². The molecule has 0 aromatic rings. The SMILES string of the molecule is CC=COC(C)=CC. The fraction of sp³-hybridized carbons (Fsp3) is 0.429. The highest BCUT2D eigenvalue weighted by molar-refractivity contribution is 4.87. The zero-order valence-corrected chi connectivity index (χ0v) is 5.64. The number of ether oxygens (including phenoxy) is 1. The molecule has 0 radical (unpaired) electrons. The van der Waals surface area contributed by atoms with Crippen LogP contribution in [0.2, 0.25) is 0 Å². The summed E-state index contributed by atoms with van der Waals surface area (Å²) in [6.45, 7) is 5.78. The fourth-order valence-electron chi connectivity index (χ4n) is 0.243. The second-order valence-electron chi connectivity index (χ2n) is 1.49. The van der Waals surface area contributed by atoms with Crippen LogP contribution in [-0.2, 0) is 4.74 Å². The van der Waals surface area contributed by atoms with Gasteiger partial charge in [0, 0.05) is 0 Å². The maximum atomic E-state index is 5.02. The molecule has 0 saturated carbocycles. The number of hydrogen-bond acceptors (Lipinski definition) is 1. The highest BCUT2D eigenvalue weighted by Crippen LogP contribution is 1.93. The topological polar surface area (TPSA) is 9.23 Å². The van der Waals surface area contributed by atoms with Crippen LogP contribution in [0.1, 0.15) is 20.8 Å². The number of rotatable bonds is 2. The highest BCUT2D eigenvalue weighted by atomic mass is 16.5. The van der Waals surface area contributed by atoms with Crippen LogP contribution in [0.15, 0.2) is 24.2 Å². The average molecular weight is 112 g/mol. The molecule has 0 bridgehead atoms. The van der Waals surface area contributed by atoms with Crippen molar-refractivity contribution in [3.8, 4) is 0 Å². The second-order valence-corrected chi connectivity index (χ2v) is 1.49. The second kappa shape index (κ2) is 4.44. The van der Waals surface area contributed by atoms with Gasteiger partial charge in [-0.1, -0.05) is 6.08 Å². The highest BCUT2D eigenvalue weighted by Gasteiger charge is 1.76. The van der Waals surface area contributed by atoms with Crippen molar-refractivity contribution in [2.45, 2.75) is 20.8 Å². The van der Waals surface area contributed by atoms with E-state index < -0.39 is 0 Å². The molecule has 0 aliphatic rings. The van der Waals surface area contributed by atoms with Gasteiger partial charge in [0.25, 0.3) is 0 Å². The molecule has 0 spiro atoms. The molecule has 46 valence electrons. The quantitative estimate of drug-likeness (QED) is 0.498. The first-order valence-electron chi connectivity index (χ1n) is 2.72. The summed E-state index contributed by atoms with van der Waals surface area (Å²) >= 11 is 0. The minimum absolute atomic E-state index is 0.933. The fourth-order valence-corrected chi connectivity index (χ4v) is 0.243. The summed E-state index contributed by atoms with van der Waals surface area (Å²) in [5, 5.41) is 0. The minimum Gasteiger partial charge on any atom is -0.470 e. The van der Waals surface area contributed by atoms with Gasteiger partial charge in [-0.25, -0.2) is 0 Å². The molecule has 0 amide bonds. The molecule has 0 fully saturated rings. The van der Waals surface area contributed by atoms with Gasteiger partial charge < -0.3 is 4.74 Å². The molecule has 1 heteroatoms. The smallest absolute Gasteiger partial charge is 0.0958 e. The number of allylic oxidation sites excluding steroid dienone is 3. The maximum absolute atomic E-state index is 5.02. The predicted octanol–water partition coefficient (Wildman–Crippen LogP) is 2.46. The van der Waals surface area contributed by atoms with Crippen molar-refractivity contribution in [1.29, 1.82) is 0 Å². The minimum atomic E-state index is 0.933. The summed E-state index contributed by atoms with van der Waals surface area (Å²) < 4.78 is 5.02. The van der Waals surface area contributed by atoms with Crippen LogP contribution in [0.3, 0.4) is 0 Å². The molecule has 0 heterocycles. The van der Waals surface area contributed by atoms with E-state index in [9.17, 15) is 0 Å². The van der Waals surface area contributed by atoms with Crippen molar-refractivity contribution >= 4 is 0 Å². The summed E-state index contributed by atoms with van der Waals surface area (Å²) in [5.41, 5.74) is 0. The summed E-state index contributed by atoms with van der Waals surface area (Å²) in [6.07, 6.45) is 5.43. The van der Waals surface area contributed by atoms with Gasteiger partial charge in [0.2, 0.25) is 0 Å². The zero-order valence-electron chi connectivity index (χ0n) is 5.64. The lowest BCUT2D eigenvalue weighted by molar-refractivity contribution is 0.352. The summed E-state index contributed by atoms with van der Waals surface area (Å²) in [6, 6.07) is 0. The van der Waals surface area contributed by atoms with Crippen LogP contribution in [0.4, 0.5) is 0 Å². The van der Waals surface area contributed by atoms with Gasteiger partial charge in [-0.2, -0.15) is 0 Å². The van der Waals surface area contributed by atoms with Gasteiger partial charge in [0.05, 0.1) is 12.0 Å². The monoisotopic (exact) mass is 112 g/mol. The van der Waals surface area contributed by atoms with Crippen LogP contribution >= 0.6 is 0 Å². The first kappa shape index (κ1) is 7.28. The predicted molar refractivity (Wildman–Crippen MR) is 35.3 cm³/mol. The van der Waals surface area contributed by atoms with E-state index in [0.717, 1.165) is 5.76 Å². The molecule has 0 rings (SSSR count). The third-order valence-corrected chi connectivity index (χ3v) is 0.797. The van der Waals surface area contributed by atoms with E-state index in [-0.39, 0.29) is 0 Å². The maximum Gasteiger partial charge on any atom is 0.0958 e. The first-order valence-corrected chi connectivity index (χ1v) is 2.72. The van der Waals surface area contributed by atoms with E-state index in [0.29, 0.717) is 0 Å². The molecule has 8 heavy (non-hydrogen) atoms. The molecular weight excluding hydrogens is 100 g/mol. The van der Waals surface area contributed by atoms with Crippen molar-refractivity contribution in [3.05, 3.63) is 24.2 Å². The molecule has 0 N–H and O–H groups in total. The molecule has 0 aromatic carbocycles. The molecule has 0 aromatic heterocycles. The van der Waals surface area contributed by atoms with Gasteiger partial charge in [0.15, 0.2) is 0 Å². The first-order chi connectivity index (χ1) is 3.81. The van der Waals surface area contributed by atoms with E-state index in [1.165, 1.54) is 0 Å². The standard InChI is InChI=1S/C7H12O/c1-4-6-8-7(3)5-2/h4-6H,1-3H3. The van der Waals surface area contributed by atoms with Crippen molar-refractivity contribution in [2.24, 2.45) is 0 Å². The van der Waals surface area contributed by atoms with Crippen LogP contribution in [-0.4, -0.2) is 0 Å². The van der Waals surface area contributed by atoms with Crippen LogP contribution in [0.25, 0.3) is 0 Å². The Morgan fingerprint density at radius 2 is 2.00 bits per heavy atom. The summed E-state index contributed by atoms with van der Waals surface area (Å²) in [7, 11) is 0. The van der Waals surface area contributed by atoms with E-state index >= 15 is 0 Å². The Morgan fingerprint density at radius 3 is 2.38 bits per heavy atom. The normalized spacial score (nSPS) is 12.6. The van der Waals surface area contributed by atoms with Crippen molar-refractivity contribution in [3.63, 3.8) is 0 Å². The number of hydrogen-bond donors (Lipinski definition) is 0. The van der Waals surface area contributed by atoms with Crippen molar-refractivity contribution in [1.82, 2.24) is 0 Å². The van der Waals surface area contributed by atoms with E-state index in [4.69, 9.17) is 4.74 Å².